The number of nitrogen functional groups attached to an aromatic ring is 1. The predicted octanol–water partition coefficient (Wildman–Crippen LogP) is 1.43. The van der Waals surface area contributed by atoms with Gasteiger partial charge >= 0.3 is 0 Å². The third-order valence-electron chi connectivity index (χ3n) is 4.05. The monoisotopic (exact) mass is 262 g/mol. The second-order valence-corrected chi connectivity index (χ2v) is 5.30. The summed E-state index contributed by atoms with van der Waals surface area (Å²) in [6.07, 6.45) is 2.09. The first kappa shape index (κ1) is 13.9. The lowest BCUT2D eigenvalue weighted by molar-refractivity contribution is -0.133. The number of anilines is 1. The van der Waals surface area contributed by atoms with E-state index in [4.69, 9.17) is 5.73 Å². The molecular weight excluding hydrogens is 240 g/mol. The average Bonchev–Trinajstić information content (AvgIpc) is 2.78. The van der Waals surface area contributed by atoms with Gasteiger partial charge in [-0.15, -0.1) is 0 Å². The van der Waals surface area contributed by atoms with Gasteiger partial charge in [-0.1, -0.05) is 25.1 Å². The molecule has 19 heavy (non-hydrogen) atoms. The normalized spacial score (nSPS) is 22.7. The van der Waals surface area contributed by atoms with Crippen LogP contribution in [0.3, 0.4) is 0 Å². The summed E-state index contributed by atoms with van der Waals surface area (Å²) < 4.78 is 0. The molecule has 2 unspecified atom stereocenters. The van der Waals surface area contributed by atoms with Crippen LogP contribution in [0.1, 0.15) is 25.3 Å². The van der Waals surface area contributed by atoms with Crippen LogP contribution in [0.25, 0.3) is 0 Å². The van der Waals surface area contributed by atoms with Crippen molar-refractivity contribution in [2.75, 3.05) is 18.9 Å². The van der Waals surface area contributed by atoms with Crippen molar-refractivity contribution in [1.29, 1.82) is 0 Å². The Bertz CT molecular complexity index is 448. The zero-order valence-corrected chi connectivity index (χ0v) is 11.4. The minimum atomic E-state index is -0.0133. The first-order chi connectivity index (χ1) is 9.13. The fraction of sp³-hybridized carbons (Fsp3) is 0.533. The SMILES string of the molecule is CC1CCN(C(=O)CCc2ccccc2N)C1CO. The van der Waals surface area contributed by atoms with Gasteiger partial charge in [-0.25, -0.2) is 0 Å². The van der Waals surface area contributed by atoms with Crippen LogP contribution in [-0.4, -0.2) is 35.1 Å². The maximum atomic E-state index is 12.2. The Labute approximate surface area is 114 Å². The van der Waals surface area contributed by atoms with Gasteiger partial charge in [0.1, 0.15) is 0 Å². The van der Waals surface area contributed by atoms with E-state index < -0.39 is 0 Å². The van der Waals surface area contributed by atoms with Crippen molar-refractivity contribution in [3.05, 3.63) is 29.8 Å². The first-order valence-corrected chi connectivity index (χ1v) is 6.87. The molecule has 1 heterocycles. The highest BCUT2D eigenvalue weighted by Gasteiger charge is 2.33. The maximum absolute atomic E-state index is 12.2. The van der Waals surface area contributed by atoms with E-state index in [1.807, 2.05) is 29.2 Å². The molecule has 1 aliphatic heterocycles. The molecule has 0 aromatic heterocycles. The van der Waals surface area contributed by atoms with Gasteiger partial charge < -0.3 is 15.7 Å². The minimum absolute atomic E-state index is 0.0133. The molecule has 0 aliphatic carbocycles. The molecule has 1 saturated heterocycles. The van der Waals surface area contributed by atoms with Gasteiger partial charge in [0.05, 0.1) is 12.6 Å². The van der Waals surface area contributed by atoms with Crippen LogP contribution >= 0.6 is 0 Å². The topological polar surface area (TPSA) is 66.6 Å². The molecule has 1 fully saturated rings. The summed E-state index contributed by atoms with van der Waals surface area (Å²) in [6, 6.07) is 7.63. The van der Waals surface area contributed by atoms with Gasteiger partial charge in [0.25, 0.3) is 0 Å². The number of hydrogen-bond donors (Lipinski definition) is 2. The number of aryl methyl sites for hydroxylation is 1. The summed E-state index contributed by atoms with van der Waals surface area (Å²) in [4.78, 5) is 14.0. The molecular formula is C15H22N2O2. The van der Waals surface area contributed by atoms with E-state index in [0.717, 1.165) is 24.2 Å². The van der Waals surface area contributed by atoms with Crippen LogP contribution in [0.4, 0.5) is 5.69 Å². The highest BCUT2D eigenvalue weighted by atomic mass is 16.3. The number of carbonyl (C=O) groups excluding carboxylic acids is 1. The summed E-state index contributed by atoms with van der Waals surface area (Å²) in [5.41, 5.74) is 7.63. The van der Waals surface area contributed by atoms with Crippen LogP contribution < -0.4 is 5.73 Å². The second-order valence-electron chi connectivity index (χ2n) is 5.30. The Hall–Kier alpha value is -1.55. The molecule has 2 rings (SSSR count). The molecule has 1 aromatic rings. The molecule has 1 aliphatic rings. The maximum Gasteiger partial charge on any atom is 0.223 e. The van der Waals surface area contributed by atoms with Crippen LogP contribution in [0.5, 0.6) is 0 Å². The highest BCUT2D eigenvalue weighted by Crippen LogP contribution is 2.24. The third kappa shape index (κ3) is 3.07. The van der Waals surface area contributed by atoms with E-state index >= 15 is 0 Å². The Morgan fingerprint density at radius 1 is 1.47 bits per heavy atom. The van der Waals surface area contributed by atoms with Crippen LogP contribution in [0.2, 0.25) is 0 Å². The summed E-state index contributed by atoms with van der Waals surface area (Å²) in [5, 5.41) is 9.37. The fourth-order valence-corrected chi connectivity index (χ4v) is 2.74. The highest BCUT2D eigenvalue weighted by molar-refractivity contribution is 5.77. The number of likely N-dealkylation sites (tertiary alicyclic amines) is 1. The van der Waals surface area contributed by atoms with Crippen molar-refractivity contribution >= 4 is 11.6 Å². The zero-order valence-electron chi connectivity index (χ0n) is 11.4. The second kappa shape index (κ2) is 6.06. The van der Waals surface area contributed by atoms with E-state index in [1.165, 1.54) is 0 Å². The standard InChI is InChI=1S/C15H22N2O2/c1-11-8-9-17(14(11)10-18)15(19)7-6-12-4-2-3-5-13(12)16/h2-5,11,14,18H,6-10,16H2,1H3. The Morgan fingerprint density at radius 3 is 2.89 bits per heavy atom. The first-order valence-electron chi connectivity index (χ1n) is 6.87. The largest absolute Gasteiger partial charge is 0.399 e. The number of para-hydroxylation sites is 1. The average molecular weight is 262 g/mol. The van der Waals surface area contributed by atoms with Gasteiger partial charge in [0, 0.05) is 18.7 Å². The summed E-state index contributed by atoms with van der Waals surface area (Å²) in [7, 11) is 0. The summed E-state index contributed by atoms with van der Waals surface area (Å²) in [5.74, 6) is 0.502. The smallest absolute Gasteiger partial charge is 0.223 e. The van der Waals surface area contributed by atoms with Gasteiger partial charge in [-0.05, 0) is 30.4 Å². The number of aliphatic hydroxyl groups excluding tert-OH is 1. The summed E-state index contributed by atoms with van der Waals surface area (Å²) in [6.45, 7) is 2.90. The molecule has 0 saturated carbocycles. The lowest BCUT2D eigenvalue weighted by Gasteiger charge is -2.25. The van der Waals surface area contributed by atoms with E-state index in [-0.39, 0.29) is 18.6 Å². The third-order valence-corrected chi connectivity index (χ3v) is 4.05. The van der Waals surface area contributed by atoms with Crippen LogP contribution in [-0.2, 0) is 11.2 Å². The fourth-order valence-electron chi connectivity index (χ4n) is 2.74. The van der Waals surface area contributed by atoms with Gasteiger partial charge in [-0.3, -0.25) is 4.79 Å². The number of nitrogens with zero attached hydrogens (tertiary/aromatic N) is 1. The molecule has 4 nitrogen and oxygen atoms in total. The van der Waals surface area contributed by atoms with E-state index in [2.05, 4.69) is 6.92 Å². The van der Waals surface area contributed by atoms with E-state index in [0.29, 0.717) is 18.8 Å². The number of amides is 1. The number of nitrogens with two attached hydrogens (primary N) is 1. The van der Waals surface area contributed by atoms with Crippen molar-refractivity contribution in [3.63, 3.8) is 0 Å². The van der Waals surface area contributed by atoms with Crippen molar-refractivity contribution in [1.82, 2.24) is 4.90 Å². The molecule has 0 spiro atoms. The van der Waals surface area contributed by atoms with Crippen molar-refractivity contribution in [3.8, 4) is 0 Å². The van der Waals surface area contributed by atoms with Crippen molar-refractivity contribution in [2.45, 2.75) is 32.2 Å². The van der Waals surface area contributed by atoms with E-state index in [1.54, 1.807) is 0 Å². The van der Waals surface area contributed by atoms with Crippen LogP contribution in [0.15, 0.2) is 24.3 Å². The molecule has 3 N–H and O–H groups in total. The molecule has 1 aromatic carbocycles. The molecule has 0 radical (unpaired) electrons. The Kier molecular flexibility index (Phi) is 4.43. The number of rotatable bonds is 4. The van der Waals surface area contributed by atoms with Crippen molar-refractivity contribution < 1.29 is 9.90 Å². The molecule has 4 heteroatoms. The number of benzene rings is 1. The number of carbonyl (C=O) groups is 1. The molecule has 1 amide bonds. The van der Waals surface area contributed by atoms with Gasteiger partial charge in [0.2, 0.25) is 5.91 Å². The van der Waals surface area contributed by atoms with E-state index in [9.17, 15) is 9.90 Å². The quantitative estimate of drug-likeness (QED) is 0.807. The minimum Gasteiger partial charge on any atom is -0.399 e. The lowest BCUT2D eigenvalue weighted by Crippen LogP contribution is -2.39. The Balaban J connectivity index is 1.93. The number of hydrogen-bond acceptors (Lipinski definition) is 3. The Morgan fingerprint density at radius 2 is 2.21 bits per heavy atom. The predicted molar refractivity (Wildman–Crippen MR) is 75.5 cm³/mol. The lowest BCUT2D eigenvalue weighted by atomic mass is 10.0. The molecule has 0 bridgehead atoms. The van der Waals surface area contributed by atoms with Gasteiger partial charge in [-0.2, -0.15) is 0 Å². The zero-order chi connectivity index (χ0) is 13.8. The molecule has 104 valence electrons. The van der Waals surface area contributed by atoms with Crippen molar-refractivity contribution in [2.24, 2.45) is 5.92 Å². The number of aliphatic hydroxyl groups is 1. The van der Waals surface area contributed by atoms with Gasteiger partial charge in [0.15, 0.2) is 0 Å². The summed E-state index contributed by atoms with van der Waals surface area (Å²) >= 11 is 0. The molecule has 2 atom stereocenters. The van der Waals surface area contributed by atoms with Crippen LogP contribution in [0, 0.1) is 5.92 Å².